The molecule has 0 fully saturated rings. The van der Waals surface area contributed by atoms with Crippen molar-refractivity contribution < 1.29 is 9.84 Å². The molecule has 92 valence electrons. The van der Waals surface area contributed by atoms with Gasteiger partial charge >= 0.3 is 0 Å². The third kappa shape index (κ3) is 2.00. The van der Waals surface area contributed by atoms with Gasteiger partial charge in [-0.25, -0.2) is 0 Å². The van der Waals surface area contributed by atoms with Crippen molar-refractivity contribution in [3.05, 3.63) is 53.6 Å². The molecule has 0 aromatic heterocycles. The van der Waals surface area contributed by atoms with Crippen LogP contribution < -0.4 is 4.74 Å². The number of hydrogen-bond acceptors (Lipinski definition) is 2. The highest BCUT2D eigenvalue weighted by atomic mass is 16.5. The fourth-order valence-corrected chi connectivity index (χ4v) is 2.35. The number of benzene rings is 2. The minimum atomic E-state index is -0.0757. The van der Waals surface area contributed by atoms with Crippen LogP contribution in [0.1, 0.15) is 11.1 Å². The second-order valence-electron chi connectivity index (χ2n) is 4.82. The second-order valence-corrected chi connectivity index (χ2v) is 4.82. The highest BCUT2D eigenvalue weighted by Crippen LogP contribution is 2.32. The highest BCUT2D eigenvalue weighted by Gasteiger charge is 2.22. The third-order valence-electron chi connectivity index (χ3n) is 3.39. The van der Waals surface area contributed by atoms with Gasteiger partial charge in [-0.05, 0) is 35.7 Å². The van der Waals surface area contributed by atoms with Gasteiger partial charge < -0.3 is 9.84 Å². The molecule has 18 heavy (non-hydrogen) atoms. The molecule has 1 unspecified atom stereocenters. The van der Waals surface area contributed by atoms with Gasteiger partial charge in [0, 0.05) is 6.42 Å². The third-order valence-corrected chi connectivity index (χ3v) is 3.39. The van der Waals surface area contributed by atoms with E-state index < -0.39 is 0 Å². The van der Waals surface area contributed by atoms with E-state index in [1.165, 1.54) is 22.3 Å². The van der Waals surface area contributed by atoms with Crippen LogP contribution in [0.2, 0.25) is 0 Å². The summed E-state index contributed by atoms with van der Waals surface area (Å²) in [5.74, 6) is 0.907. The maximum atomic E-state index is 9.13. The first-order chi connectivity index (χ1) is 8.76. The van der Waals surface area contributed by atoms with E-state index in [1.54, 1.807) is 0 Å². The van der Waals surface area contributed by atoms with Gasteiger partial charge in [0.1, 0.15) is 11.9 Å². The molecule has 1 heterocycles. The van der Waals surface area contributed by atoms with E-state index in [-0.39, 0.29) is 12.7 Å². The summed E-state index contributed by atoms with van der Waals surface area (Å²) in [7, 11) is 0. The molecule has 1 N–H and O–H groups in total. The van der Waals surface area contributed by atoms with Gasteiger partial charge in [-0.2, -0.15) is 0 Å². The minimum absolute atomic E-state index is 0.0757. The van der Waals surface area contributed by atoms with E-state index in [0.717, 1.165) is 12.2 Å². The lowest BCUT2D eigenvalue weighted by Crippen LogP contribution is -2.17. The quantitative estimate of drug-likeness (QED) is 0.874. The monoisotopic (exact) mass is 240 g/mol. The summed E-state index contributed by atoms with van der Waals surface area (Å²) in [6.07, 6.45) is 0.721. The molecule has 2 aromatic rings. The van der Waals surface area contributed by atoms with Crippen LogP contribution in [0.25, 0.3) is 11.1 Å². The molecular formula is C16H16O2. The van der Waals surface area contributed by atoms with Crippen LogP contribution in [0.15, 0.2) is 42.5 Å². The lowest BCUT2D eigenvalue weighted by Gasteiger charge is -2.06. The van der Waals surface area contributed by atoms with Crippen LogP contribution in [-0.2, 0) is 6.42 Å². The first-order valence-corrected chi connectivity index (χ1v) is 6.24. The van der Waals surface area contributed by atoms with Crippen molar-refractivity contribution in [3.8, 4) is 16.9 Å². The van der Waals surface area contributed by atoms with Crippen LogP contribution in [0.5, 0.6) is 5.75 Å². The number of fused-ring (bicyclic) bond motifs is 1. The topological polar surface area (TPSA) is 29.5 Å². The average molecular weight is 240 g/mol. The Hall–Kier alpha value is -1.80. The normalized spacial score (nSPS) is 17.3. The van der Waals surface area contributed by atoms with Crippen LogP contribution >= 0.6 is 0 Å². The molecule has 2 nitrogen and oxygen atoms in total. The number of aliphatic hydroxyl groups excluding tert-OH is 1. The molecule has 0 saturated heterocycles. The smallest absolute Gasteiger partial charge is 0.126 e. The van der Waals surface area contributed by atoms with Crippen molar-refractivity contribution in [2.24, 2.45) is 0 Å². The Morgan fingerprint density at radius 3 is 2.56 bits per heavy atom. The highest BCUT2D eigenvalue weighted by molar-refractivity contribution is 5.66. The Morgan fingerprint density at radius 2 is 1.83 bits per heavy atom. The van der Waals surface area contributed by atoms with E-state index in [4.69, 9.17) is 9.84 Å². The summed E-state index contributed by atoms with van der Waals surface area (Å²) in [6, 6.07) is 14.7. The van der Waals surface area contributed by atoms with Gasteiger partial charge in [0.25, 0.3) is 0 Å². The fourth-order valence-electron chi connectivity index (χ4n) is 2.35. The summed E-state index contributed by atoms with van der Waals surface area (Å²) in [5, 5.41) is 9.13. The van der Waals surface area contributed by atoms with Crippen LogP contribution in [0.4, 0.5) is 0 Å². The van der Waals surface area contributed by atoms with Gasteiger partial charge in [0.05, 0.1) is 6.61 Å². The van der Waals surface area contributed by atoms with E-state index in [2.05, 4.69) is 43.3 Å². The molecule has 3 rings (SSSR count). The lowest BCUT2D eigenvalue weighted by atomic mass is 10.0. The van der Waals surface area contributed by atoms with Gasteiger partial charge in [0.15, 0.2) is 0 Å². The van der Waals surface area contributed by atoms with Crippen molar-refractivity contribution >= 4 is 0 Å². The van der Waals surface area contributed by atoms with E-state index in [1.807, 2.05) is 6.07 Å². The minimum Gasteiger partial charge on any atom is -0.487 e. The van der Waals surface area contributed by atoms with Crippen molar-refractivity contribution in [2.75, 3.05) is 6.61 Å². The maximum absolute atomic E-state index is 9.13. The van der Waals surface area contributed by atoms with Crippen molar-refractivity contribution in [2.45, 2.75) is 19.4 Å². The fraction of sp³-hybridized carbons (Fsp3) is 0.250. The first-order valence-electron chi connectivity index (χ1n) is 6.24. The Balaban J connectivity index is 1.94. The standard InChI is InChI=1S/C16H16O2/c1-11-2-4-12(5-3-11)13-6-7-16-14(8-13)9-15(10-17)18-16/h2-8,15,17H,9-10H2,1H3. The van der Waals surface area contributed by atoms with Crippen molar-refractivity contribution in [3.63, 3.8) is 0 Å². The molecule has 0 spiro atoms. The number of rotatable bonds is 2. The predicted molar refractivity (Wildman–Crippen MR) is 71.8 cm³/mol. The Kier molecular flexibility index (Phi) is 2.80. The summed E-state index contributed by atoms with van der Waals surface area (Å²) in [6.45, 7) is 2.17. The van der Waals surface area contributed by atoms with Crippen molar-refractivity contribution in [1.82, 2.24) is 0 Å². The number of hydrogen-bond donors (Lipinski definition) is 1. The molecule has 1 aliphatic rings. The largest absolute Gasteiger partial charge is 0.487 e. The maximum Gasteiger partial charge on any atom is 0.126 e. The Labute approximate surface area is 107 Å². The molecule has 2 heteroatoms. The predicted octanol–water partition coefficient (Wildman–Crippen LogP) is 2.96. The average Bonchev–Trinajstić information content (AvgIpc) is 2.81. The zero-order valence-corrected chi connectivity index (χ0v) is 10.4. The summed E-state index contributed by atoms with van der Waals surface area (Å²) in [5.41, 5.74) is 4.88. The van der Waals surface area contributed by atoms with Gasteiger partial charge in [-0.15, -0.1) is 0 Å². The Bertz CT molecular complexity index is 558. The summed E-state index contributed by atoms with van der Waals surface area (Å²) in [4.78, 5) is 0. The summed E-state index contributed by atoms with van der Waals surface area (Å²) < 4.78 is 5.62. The van der Waals surface area contributed by atoms with E-state index in [9.17, 15) is 0 Å². The molecular weight excluding hydrogens is 224 g/mol. The number of ether oxygens (including phenoxy) is 1. The SMILES string of the molecule is Cc1ccc(-c2ccc3c(c2)CC(CO)O3)cc1. The van der Waals surface area contributed by atoms with Gasteiger partial charge in [-0.3, -0.25) is 0 Å². The molecule has 0 radical (unpaired) electrons. The lowest BCUT2D eigenvalue weighted by molar-refractivity contribution is 0.134. The van der Waals surface area contributed by atoms with Gasteiger partial charge in [0.2, 0.25) is 0 Å². The van der Waals surface area contributed by atoms with E-state index >= 15 is 0 Å². The molecule has 2 aromatic carbocycles. The molecule has 0 amide bonds. The molecule has 1 aliphatic heterocycles. The van der Waals surface area contributed by atoms with Crippen LogP contribution in [-0.4, -0.2) is 17.8 Å². The van der Waals surface area contributed by atoms with Crippen LogP contribution in [0.3, 0.4) is 0 Å². The Morgan fingerprint density at radius 1 is 1.11 bits per heavy atom. The number of aryl methyl sites for hydroxylation is 1. The molecule has 0 bridgehead atoms. The molecule has 0 saturated carbocycles. The molecule has 1 atom stereocenters. The second kappa shape index (κ2) is 4.46. The van der Waals surface area contributed by atoms with Crippen LogP contribution in [0, 0.1) is 6.92 Å². The van der Waals surface area contributed by atoms with Gasteiger partial charge in [-0.1, -0.05) is 35.9 Å². The molecule has 0 aliphatic carbocycles. The van der Waals surface area contributed by atoms with E-state index in [0.29, 0.717) is 0 Å². The number of aliphatic hydroxyl groups is 1. The first kappa shape index (κ1) is 11.3. The zero-order chi connectivity index (χ0) is 12.5. The zero-order valence-electron chi connectivity index (χ0n) is 10.4. The van der Waals surface area contributed by atoms with Crippen molar-refractivity contribution in [1.29, 1.82) is 0 Å². The summed E-state index contributed by atoms with van der Waals surface area (Å²) >= 11 is 0.